The van der Waals surface area contributed by atoms with Gasteiger partial charge >= 0.3 is 7.82 Å². The summed E-state index contributed by atoms with van der Waals surface area (Å²) in [6, 6.07) is 0. The van der Waals surface area contributed by atoms with Gasteiger partial charge in [0.05, 0.1) is 34.4 Å². The van der Waals surface area contributed by atoms with Crippen LogP contribution in [0.3, 0.4) is 0 Å². The minimum absolute atomic E-state index is 0.0611. The molecule has 0 fully saturated rings. The molecular weight excluding hydrogens is 677 g/mol. The number of unbranched alkanes of at least 4 members (excludes halogenated alkanes) is 26. The highest BCUT2D eigenvalue weighted by Gasteiger charge is 2.26. The normalized spacial score (nSPS) is 15.2. The Bertz CT molecular complexity index is 784. The van der Waals surface area contributed by atoms with Gasteiger partial charge in [0.1, 0.15) is 19.3 Å². The molecule has 0 saturated heterocycles. The molecule has 4 atom stereocenters. The maximum absolute atomic E-state index is 12.5. The Kier molecular flexibility index (Phi) is 36.5. The minimum atomic E-state index is -4.31. The van der Waals surface area contributed by atoms with Gasteiger partial charge in [-0.3, -0.25) is 9.05 Å². The molecule has 0 aliphatic carbocycles. The van der Waals surface area contributed by atoms with Gasteiger partial charge in [0.25, 0.3) is 0 Å². The fraction of sp³-hybridized carbons (Fsp3) is 1.00. The Hall–Kier alpha value is -0.0900. The summed E-state index contributed by atoms with van der Waals surface area (Å²) >= 11 is 0. The lowest BCUT2D eigenvalue weighted by Crippen LogP contribution is -2.37. The summed E-state index contributed by atoms with van der Waals surface area (Å²) < 4.78 is 34.9. The zero-order chi connectivity index (χ0) is 38.6. The van der Waals surface area contributed by atoms with Gasteiger partial charge in [-0.25, -0.2) is 4.57 Å². The van der Waals surface area contributed by atoms with Crippen LogP contribution in [0.4, 0.5) is 0 Å². The van der Waals surface area contributed by atoms with Crippen molar-refractivity contribution in [3.63, 3.8) is 0 Å². The molecule has 0 radical (unpaired) electrons. The number of phosphoric ester groups is 1. The molecule has 0 aromatic rings. The van der Waals surface area contributed by atoms with E-state index in [2.05, 4.69) is 13.8 Å². The fourth-order valence-corrected chi connectivity index (χ4v) is 7.13. The molecule has 0 heterocycles. The van der Waals surface area contributed by atoms with Crippen LogP contribution in [0.15, 0.2) is 0 Å². The number of likely N-dealkylation sites (N-methyl/N-ethyl adjacent to an activating group) is 1. The van der Waals surface area contributed by atoms with Gasteiger partial charge in [-0.05, 0) is 25.7 Å². The van der Waals surface area contributed by atoms with Crippen LogP contribution in [0.5, 0.6) is 0 Å². The highest BCUT2D eigenvalue weighted by molar-refractivity contribution is 7.47. The van der Waals surface area contributed by atoms with Crippen LogP contribution >= 0.6 is 7.82 Å². The number of rotatable bonds is 42. The molecule has 9 nitrogen and oxygen atoms in total. The Labute approximate surface area is 322 Å². The van der Waals surface area contributed by atoms with E-state index in [1.54, 1.807) is 0 Å². The van der Waals surface area contributed by atoms with E-state index in [1.165, 1.54) is 141 Å². The molecule has 0 aromatic carbocycles. The van der Waals surface area contributed by atoms with E-state index in [4.69, 9.17) is 18.5 Å². The fourth-order valence-electron chi connectivity index (χ4n) is 6.39. The molecule has 1 unspecified atom stereocenters. The van der Waals surface area contributed by atoms with Crippen molar-refractivity contribution in [3.8, 4) is 0 Å². The SMILES string of the molecule is CCCCCCCCCCCCCCCCC[C@H](O)OC[C@@H](COP(=O)(O)OCC[N+](C)(C)C)O[C@@H](O)CCCCCCCCCCCCCCC. The smallest absolute Gasteiger partial charge is 0.368 e. The highest BCUT2D eigenvalue weighted by atomic mass is 31.2. The first-order chi connectivity index (χ1) is 25.0. The number of nitrogens with zero attached hydrogens (tertiary/aromatic N) is 1. The van der Waals surface area contributed by atoms with Crippen LogP contribution in [-0.4, -0.2) is 85.8 Å². The minimum Gasteiger partial charge on any atom is -0.368 e. The van der Waals surface area contributed by atoms with Crippen LogP contribution in [0.2, 0.25) is 0 Å². The second-order valence-corrected chi connectivity index (χ2v) is 17.8. The van der Waals surface area contributed by atoms with Crippen LogP contribution < -0.4 is 0 Å². The second kappa shape index (κ2) is 36.5. The molecule has 10 heteroatoms. The largest absolute Gasteiger partial charge is 0.472 e. The van der Waals surface area contributed by atoms with Crippen molar-refractivity contribution < 1.29 is 42.7 Å². The number of hydrogen-bond acceptors (Lipinski definition) is 7. The van der Waals surface area contributed by atoms with Crippen LogP contribution in [-0.2, 0) is 23.1 Å². The third kappa shape index (κ3) is 39.6. The van der Waals surface area contributed by atoms with E-state index in [1.807, 2.05) is 21.1 Å². The van der Waals surface area contributed by atoms with Gasteiger partial charge < -0.3 is 29.1 Å². The summed E-state index contributed by atoms with van der Waals surface area (Å²) in [6.45, 7) is 4.78. The van der Waals surface area contributed by atoms with E-state index in [0.29, 0.717) is 23.9 Å². The van der Waals surface area contributed by atoms with Crippen molar-refractivity contribution in [2.75, 3.05) is 47.5 Å². The first kappa shape index (κ1) is 51.9. The summed E-state index contributed by atoms with van der Waals surface area (Å²) in [6.07, 6.45) is 33.7. The molecule has 0 spiro atoms. The summed E-state index contributed by atoms with van der Waals surface area (Å²) in [5.41, 5.74) is 0. The topological polar surface area (TPSA) is 115 Å². The molecule has 0 aromatic heterocycles. The van der Waals surface area contributed by atoms with Crippen molar-refractivity contribution in [1.82, 2.24) is 0 Å². The van der Waals surface area contributed by atoms with Crippen molar-refractivity contribution >= 4 is 7.82 Å². The van der Waals surface area contributed by atoms with Crippen LogP contribution in [0, 0.1) is 0 Å². The lowest BCUT2D eigenvalue weighted by atomic mass is 10.0. The molecule has 0 aliphatic rings. The van der Waals surface area contributed by atoms with Crippen LogP contribution in [0.1, 0.15) is 206 Å². The number of aliphatic hydroxyl groups is 2. The number of quaternary nitrogens is 1. The van der Waals surface area contributed by atoms with Gasteiger partial charge in [-0.1, -0.05) is 181 Å². The van der Waals surface area contributed by atoms with E-state index in [-0.39, 0.29) is 19.8 Å². The molecule has 0 aliphatic heterocycles. The van der Waals surface area contributed by atoms with E-state index in [9.17, 15) is 19.7 Å². The quantitative estimate of drug-likeness (QED) is 0.0243. The number of aliphatic hydroxyl groups excluding tert-OH is 2. The van der Waals surface area contributed by atoms with E-state index < -0.39 is 26.5 Å². The van der Waals surface area contributed by atoms with Gasteiger partial charge in [0, 0.05) is 0 Å². The molecule has 314 valence electrons. The zero-order valence-corrected chi connectivity index (χ0v) is 35.9. The molecular formula is C42H89NO8P+. The van der Waals surface area contributed by atoms with Crippen molar-refractivity contribution in [3.05, 3.63) is 0 Å². The number of hydrogen-bond donors (Lipinski definition) is 3. The zero-order valence-electron chi connectivity index (χ0n) is 35.1. The summed E-state index contributed by atoms with van der Waals surface area (Å²) in [5, 5.41) is 21.1. The molecule has 0 amide bonds. The monoisotopic (exact) mass is 767 g/mol. The highest BCUT2D eigenvalue weighted by Crippen LogP contribution is 2.43. The summed E-state index contributed by atoms with van der Waals surface area (Å²) in [7, 11) is 1.60. The standard InChI is InChI=1S/C42H88NO8P/c1-6-8-10-12-14-16-18-20-21-23-24-26-28-30-32-34-41(44)48-38-40(39-50-52(46,47)49-37-36-43(3,4)5)51-42(45)35-33-31-29-27-25-22-19-17-15-13-11-9-7-2/h40-42,44-45H,6-39H2,1-5H3/p+1/t40-,41+,42+/m0/s1. The van der Waals surface area contributed by atoms with Gasteiger partial charge in [0.15, 0.2) is 12.6 Å². The predicted molar refractivity (Wildman–Crippen MR) is 217 cm³/mol. The maximum atomic E-state index is 12.5. The average Bonchev–Trinajstić information content (AvgIpc) is 3.09. The number of phosphoric acid groups is 1. The molecule has 0 rings (SSSR count). The Morgan fingerprint density at radius 1 is 0.500 bits per heavy atom. The first-order valence-electron chi connectivity index (χ1n) is 22.0. The van der Waals surface area contributed by atoms with E-state index in [0.717, 1.165) is 38.5 Å². The van der Waals surface area contributed by atoms with E-state index >= 15 is 0 Å². The molecule has 0 saturated carbocycles. The van der Waals surface area contributed by atoms with Crippen molar-refractivity contribution in [2.45, 2.75) is 225 Å². The Morgan fingerprint density at radius 3 is 1.21 bits per heavy atom. The number of ether oxygens (including phenoxy) is 2. The maximum Gasteiger partial charge on any atom is 0.472 e. The van der Waals surface area contributed by atoms with Gasteiger partial charge in [-0.15, -0.1) is 0 Å². The third-order valence-electron chi connectivity index (χ3n) is 9.87. The Morgan fingerprint density at radius 2 is 0.846 bits per heavy atom. The Balaban J connectivity index is 4.31. The summed E-state index contributed by atoms with van der Waals surface area (Å²) in [5.74, 6) is 0. The van der Waals surface area contributed by atoms with Gasteiger partial charge in [-0.2, -0.15) is 0 Å². The predicted octanol–water partition coefficient (Wildman–Crippen LogP) is 11.6. The van der Waals surface area contributed by atoms with Crippen molar-refractivity contribution in [2.24, 2.45) is 0 Å². The van der Waals surface area contributed by atoms with Gasteiger partial charge in [0.2, 0.25) is 0 Å². The average molecular weight is 767 g/mol. The first-order valence-corrected chi connectivity index (χ1v) is 23.5. The molecule has 0 bridgehead atoms. The van der Waals surface area contributed by atoms with Crippen molar-refractivity contribution in [1.29, 1.82) is 0 Å². The summed E-state index contributed by atoms with van der Waals surface area (Å²) in [4.78, 5) is 10.2. The molecule has 3 N–H and O–H groups in total. The van der Waals surface area contributed by atoms with Crippen LogP contribution in [0.25, 0.3) is 0 Å². The third-order valence-corrected chi connectivity index (χ3v) is 10.9. The lowest BCUT2D eigenvalue weighted by Gasteiger charge is -2.25. The lowest BCUT2D eigenvalue weighted by molar-refractivity contribution is -0.870. The molecule has 52 heavy (non-hydrogen) atoms. The second-order valence-electron chi connectivity index (χ2n) is 16.4.